The number of aliphatic carboxylic acids is 1. The summed E-state index contributed by atoms with van der Waals surface area (Å²) in [6, 6.07) is 0.647. The summed E-state index contributed by atoms with van der Waals surface area (Å²) in [6.45, 7) is 2.91. The van der Waals surface area contributed by atoms with Crippen LogP contribution in [0, 0.1) is 0 Å². The van der Waals surface area contributed by atoms with E-state index in [0.29, 0.717) is 6.04 Å². The molecule has 0 atom stereocenters. The Morgan fingerprint density at radius 3 is 2.70 bits per heavy atom. The lowest BCUT2D eigenvalue weighted by Gasteiger charge is -2.30. The highest BCUT2D eigenvalue weighted by Gasteiger charge is 2.21. The van der Waals surface area contributed by atoms with E-state index in [1.54, 1.807) is 11.3 Å². The molecule has 20 heavy (non-hydrogen) atoms. The minimum absolute atomic E-state index is 0.0460. The van der Waals surface area contributed by atoms with Crippen LogP contribution in [0.25, 0.3) is 0 Å². The van der Waals surface area contributed by atoms with Crippen molar-refractivity contribution in [3.8, 4) is 0 Å². The second-order valence-corrected chi connectivity index (χ2v) is 6.78. The van der Waals surface area contributed by atoms with Gasteiger partial charge in [-0.15, -0.1) is 11.3 Å². The van der Waals surface area contributed by atoms with Crippen molar-refractivity contribution in [2.24, 2.45) is 0 Å². The molecular weight excluding hydrogens is 272 g/mol. The zero-order chi connectivity index (χ0) is 14.5. The maximum absolute atomic E-state index is 11.0. The quantitative estimate of drug-likeness (QED) is 0.876. The number of aromatic nitrogens is 1. The first kappa shape index (κ1) is 15.4. The number of thiazole rings is 1. The fraction of sp³-hybridized carbons (Fsp3) is 0.733. The Kier molecular flexibility index (Phi) is 5.54. The highest BCUT2D eigenvalue weighted by Crippen LogP contribution is 2.26. The van der Waals surface area contributed by atoms with E-state index in [0.717, 1.165) is 28.5 Å². The first-order chi connectivity index (χ1) is 9.60. The minimum Gasteiger partial charge on any atom is -0.481 e. The number of hydrogen-bond donors (Lipinski definition) is 1. The SMILES string of the molecule is CCc1nc(CC(=O)O)c(CN(C)C2CCCCC2)s1. The van der Waals surface area contributed by atoms with Crippen LogP contribution >= 0.6 is 11.3 Å². The van der Waals surface area contributed by atoms with Gasteiger partial charge in [-0.05, 0) is 26.3 Å². The average Bonchev–Trinajstić information content (AvgIpc) is 2.81. The van der Waals surface area contributed by atoms with Gasteiger partial charge in [-0.2, -0.15) is 0 Å². The van der Waals surface area contributed by atoms with E-state index < -0.39 is 5.97 Å². The summed E-state index contributed by atoms with van der Waals surface area (Å²) in [4.78, 5) is 19.0. The number of rotatable bonds is 6. The lowest BCUT2D eigenvalue weighted by Crippen LogP contribution is -2.32. The van der Waals surface area contributed by atoms with Crippen LogP contribution in [0.15, 0.2) is 0 Å². The summed E-state index contributed by atoms with van der Waals surface area (Å²) in [7, 11) is 2.16. The van der Waals surface area contributed by atoms with E-state index >= 15 is 0 Å². The van der Waals surface area contributed by atoms with E-state index in [4.69, 9.17) is 5.11 Å². The van der Waals surface area contributed by atoms with Crippen LogP contribution in [-0.2, 0) is 24.2 Å². The molecule has 0 saturated heterocycles. The second-order valence-electron chi connectivity index (χ2n) is 5.61. The molecule has 1 heterocycles. The van der Waals surface area contributed by atoms with Gasteiger partial charge >= 0.3 is 5.97 Å². The van der Waals surface area contributed by atoms with Gasteiger partial charge < -0.3 is 5.11 Å². The highest BCUT2D eigenvalue weighted by atomic mass is 32.1. The van der Waals surface area contributed by atoms with Crippen molar-refractivity contribution in [3.05, 3.63) is 15.6 Å². The third-order valence-electron chi connectivity index (χ3n) is 4.03. The Labute approximate surface area is 124 Å². The zero-order valence-corrected chi connectivity index (χ0v) is 13.2. The molecule has 2 rings (SSSR count). The van der Waals surface area contributed by atoms with Crippen molar-refractivity contribution in [2.45, 2.75) is 64.5 Å². The van der Waals surface area contributed by atoms with E-state index in [-0.39, 0.29) is 6.42 Å². The minimum atomic E-state index is -0.792. The highest BCUT2D eigenvalue weighted by molar-refractivity contribution is 7.11. The number of carboxylic acid groups (broad SMARTS) is 1. The van der Waals surface area contributed by atoms with Crippen molar-refractivity contribution in [3.63, 3.8) is 0 Å². The molecule has 112 valence electrons. The predicted molar refractivity (Wildman–Crippen MR) is 81.2 cm³/mol. The molecule has 1 aromatic rings. The molecule has 4 nitrogen and oxygen atoms in total. The van der Waals surface area contributed by atoms with Crippen molar-refractivity contribution < 1.29 is 9.90 Å². The Hall–Kier alpha value is -0.940. The summed E-state index contributed by atoms with van der Waals surface area (Å²) in [5.41, 5.74) is 0.766. The second kappa shape index (κ2) is 7.18. The van der Waals surface area contributed by atoms with Crippen LogP contribution in [0.5, 0.6) is 0 Å². The van der Waals surface area contributed by atoms with Crippen LogP contribution in [0.4, 0.5) is 0 Å². The molecule has 0 unspecified atom stereocenters. The maximum Gasteiger partial charge on any atom is 0.309 e. The van der Waals surface area contributed by atoms with Gasteiger partial charge in [-0.1, -0.05) is 26.2 Å². The molecule has 5 heteroatoms. The summed E-state index contributed by atoms with van der Waals surface area (Å²) in [5.74, 6) is -0.792. The van der Waals surface area contributed by atoms with E-state index in [2.05, 4.69) is 23.9 Å². The Morgan fingerprint density at radius 2 is 2.10 bits per heavy atom. The molecule has 0 amide bonds. The van der Waals surface area contributed by atoms with Crippen LogP contribution in [0.1, 0.15) is 54.6 Å². The van der Waals surface area contributed by atoms with Crippen molar-refractivity contribution in [1.82, 2.24) is 9.88 Å². The van der Waals surface area contributed by atoms with Gasteiger partial charge in [0, 0.05) is 17.5 Å². The Balaban J connectivity index is 2.06. The molecular formula is C15H24N2O2S. The standard InChI is InChI=1S/C15H24N2O2S/c1-3-14-16-12(9-15(18)19)13(20-14)10-17(2)11-7-5-4-6-8-11/h11H,3-10H2,1-2H3,(H,18,19). The predicted octanol–water partition coefficient (Wildman–Crippen LogP) is 3.10. The largest absolute Gasteiger partial charge is 0.481 e. The van der Waals surface area contributed by atoms with Crippen molar-refractivity contribution in [2.75, 3.05) is 7.05 Å². The van der Waals surface area contributed by atoms with Gasteiger partial charge in [0.1, 0.15) is 0 Å². The average molecular weight is 296 g/mol. The lowest BCUT2D eigenvalue weighted by molar-refractivity contribution is -0.136. The number of aryl methyl sites for hydroxylation is 1. The summed E-state index contributed by atoms with van der Waals surface area (Å²) < 4.78 is 0. The number of hydrogen-bond acceptors (Lipinski definition) is 4. The Bertz CT molecular complexity index is 453. The summed E-state index contributed by atoms with van der Waals surface area (Å²) in [5, 5.41) is 10.1. The molecule has 0 spiro atoms. The molecule has 1 N–H and O–H groups in total. The summed E-state index contributed by atoms with van der Waals surface area (Å²) >= 11 is 1.68. The maximum atomic E-state index is 11.0. The van der Waals surface area contributed by atoms with E-state index in [1.807, 2.05) is 0 Å². The van der Waals surface area contributed by atoms with Crippen LogP contribution in [-0.4, -0.2) is 34.0 Å². The number of nitrogens with zero attached hydrogens (tertiary/aromatic N) is 2. The molecule has 0 aliphatic heterocycles. The number of carboxylic acids is 1. The topological polar surface area (TPSA) is 53.4 Å². The first-order valence-corrected chi connectivity index (χ1v) is 8.31. The van der Waals surface area contributed by atoms with Crippen molar-refractivity contribution in [1.29, 1.82) is 0 Å². The van der Waals surface area contributed by atoms with Crippen LogP contribution < -0.4 is 0 Å². The van der Waals surface area contributed by atoms with Gasteiger partial charge in [0.25, 0.3) is 0 Å². The van der Waals surface area contributed by atoms with E-state index in [1.165, 1.54) is 32.1 Å². The van der Waals surface area contributed by atoms with Crippen LogP contribution in [0.3, 0.4) is 0 Å². The third kappa shape index (κ3) is 4.03. The van der Waals surface area contributed by atoms with Gasteiger partial charge in [0.2, 0.25) is 0 Å². The molecule has 0 bridgehead atoms. The fourth-order valence-electron chi connectivity index (χ4n) is 2.87. The Morgan fingerprint density at radius 1 is 1.40 bits per heavy atom. The van der Waals surface area contributed by atoms with Gasteiger partial charge in [0.15, 0.2) is 0 Å². The third-order valence-corrected chi connectivity index (χ3v) is 5.26. The molecule has 1 aliphatic carbocycles. The van der Waals surface area contributed by atoms with Crippen LogP contribution in [0.2, 0.25) is 0 Å². The first-order valence-electron chi connectivity index (χ1n) is 7.49. The lowest BCUT2D eigenvalue weighted by atomic mass is 9.94. The molecule has 1 aromatic heterocycles. The molecule has 0 radical (unpaired) electrons. The normalized spacial score (nSPS) is 16.8. The monoisotopic (exact) mass is 296 g/mol. The van der Waals surface area contributed by atoms with Gasteiger partial charge in [-0.3, -0.25) is 9.69 Å². The van der Waals surface area contributed by atoms with Gasteiger partial charge in [-0.25, -0.2) is 4.98 Å². The smallest absolute Gasteiger partial charge is 0.309 e. The molecule has 1 aliphatic rings. The summed E-state index contributed by atoms with van der Waals surface area (Å²) in [6.07, 6.45) is 7.46. The van der Waals surface area contributed by atoms with Crippen molar-refractivity contribution >= 4 is 17.3 Å². The van der Waals surface area contributed by atoms with Gasteiger partial charge in [0.05, 0.1) is 17.1 Å². The molecule has 1 saturated carbocycles. The molecule has 1 fully saturated rings. The number of carbonyl (C=O) groups is 1. The zero-order valence-electron chi connectivity index (χ0n) is 12.4. The molecule has 0 aromatic carbocycles. The van der Waals surface area contributed by atoms with E-state index in [9.17, 15) is 4.79 Å². The fourth-order valence-corrected chi connectivity index (χ4v) is 3.96.